The number of alkyl halides is 1. The summed E-state index contributed by atoms with van der Waals surface area (Å²) < 4.78 is 22.3. The maximum Gasteiger partial charge on any atom is 0.306 e. The molecule has 0 unspecified atom stereocenters. The summed E-state index contributed by atoms with van der Waals surface area (Å²) >= 11 is 0. The van der Waals surface area contributed by atoms with Gasteiger partial charge in [0.05, 0.1) is 12.5 Å². The van der Waals surface area contributed by atoms with Crippen molar-refractivity contribution < 1.29 is 38.5 Å². The number of esters is 1. The molecule has 0 spiro atoms. The Bertz CT molecular complexity index is 1080. The lowest BCUT2D eigenvalue weighted by molar-refractivity contribution is -0.220. The topological polar surface area (TPSA) is 118 Å². The smallest absolute Gasteiger partial charge is 0.306 e. The van der Waals surface area contributed by atoms with Crippen molar-refractivity contribution in [2.24, 2.45) is 34.5 Å². The summed E-state index contributed by atoms with van der Waals surface area (Å²) in [4.78, 5) is 49.4. The molecule has 0 saturated heterocycles. The number of allylic oxidation sites excluding steroid dienone is 4. The molecule has 0 amide bonds. The van der Waals surface area contributed by atoms with Crippen molar-refractivity contribution in [3.8, 4) is 0 Å². The van der Waals surface area contributed by atoms with Gasteiger partial charge in [-0.3, -0.25) is 19.2 Å². The molecule has 4 aliphatic rings. The standard InChI is InChI=1S/C29H39FO7/c1-16(2)22(32)8-9-25(35)37-15-24(34)29(36)17(3)12-21-20-7-6-18-13-19(31)10-11-26(18,4)28(20,30)23(33)14-27(21,29)5/h10-11,13,16-17,20-21,23,33,36H,6-9,12,14-15H2,1-5H3/t17-,20+,21+,23+,26+,27+,28+,29+/m1/s1. The van der Waals surface area contributed by atoms with E-state index < -0.39 is 64.3 Å². The van der Waals surface area contributed by atoms with Gasteiger partial charge in [-0.25, -0.2) is 4.39 Å². The number of ketones is 3. The fraction of sp³-hybridized carbons (Fsp3) is 0.724. The summed E-state index contributed by atoms with van der Waals surface area (Å²) in [6.45, 7) is 8.03. The zero-order chi connectivity index (χ0) is 27.6. The van der Waals surface area contributed by atoms with Gasteiger partial charge in [0.25, 0.3) is 0 Å². The summed E-state index contributed by atoms with van der Waals surface area (Å²) in [5.74, 6) is -3.40. The third-order valence-electron chi connectivity index (χ3n) is 10.2. The number of rotatable bonds is 7. The van der Waals surface area contributed by atoms with Gasteiger partial charge in [-0.15, -0.1) is 0 Å². The SMILES string of the molecule is CC(C)C(=O)CCC(=O)OCC(=O)[C@@]1(O)[C@H](C)C[C@H]2[C@@H]3CCC4=CC(=O)C=C[C@]4(C)[C@@]3(F)[C@@H](O)C[C@@]21C. The van der Waals surface area contributed by atoms with E-state index in [9.17, 15) is 29.4 Å². The van der Waals surface area contributed by atoms with Crippen LogP contribution in [-0.4, -0.2) is 57.5 Å². The van der Waals surface area contributed by atoms with Crippen molar-refractivity contribution in [2.75, 3.05) is 6.61 Å². The average molecular weight is 519 g/mol. The van der Waals surface area contributed by atoms with Crippen LogP contribution in [0.2, 0.25) is 0 Å². The Labute approximate surface area is 217 Å². The highest BCUT2D eigenvalue weighted by Gasteiger charge is 2.75. The summed E-state index contributed by atoms with van der Waals surface area (Å²) in [7, 11) is 0. The Balaban J connectivity index is 1.56. The van der Waals surface area contributed by atoms with E-state index in [0.29, 0.717) is 24.8 Å². The van der Waals surface area contributed by atoms with Crippen molar-refractivity contribution in [1.29, 1.82) is 0 Å². The molecule has 0 heterocycles. The number of hydrogen-bond donors (Lipinski definition) is 2. The summed E-state index contributed by atoms with van der Waals surface area (Å²) in [5, 5.41) is 23.3. The summed E-state index contributed by atoms with van der Waals surface area (Å²) in [5.41, 5.74) is -5.58. The van der Waals surface area contributed by atoms with Crippen molar-refractivity contribution in [2.45, 2.75) is 90.5 Å². The first-order valence-electron chi connectivity index (χ1n) is 13.4. The third-order valence-corrected chi connectivity index (χ3v) is 10.2. The number of carbonyl (C=O) groups is 4. The van der Waals surface area contributed by atoms with Crippen LogP contribution in [-0.2, 0) is 23.9 Å². The Morgan fingerprint density at radius 2 is 1.86 bits per heavy atom. The Kier molecular flexibility index (Phi) is 6.94. The molecule has 4 rings (SSSR count). The highest BCUT2D eigenvalue weighted by atomic mass is 19.1. The fourth-order valence-corrected chi connectivity index (χ4v) is 7.98. The van der Waals surface area contributed by atoms with E-state index in [0.717, 1.165) is 0 Å². The molecular formula is C29H39FO7. The van der Waals surface area contributed by atoms with E-state index in [4.69, 9.17) is 4.74 Å². The van der Waals surface area contributed by atoms with Gasteiger partial charge in [0, 0.05) is 29.1 Å². The summed E-state index contributed by atoms with van der Waals surface area (Å²) in [6.07, 6.45) is 3.94. The molecule has 0 radical (unpaired) electrons. The molecule has 4 aliphatic carbocycles. The number of halogens is 1. The van der Waals surface area contributed by atoms with Gasteiger partial charge in [0.2, 0.25) is 5.78 Å². The normalized spacial score (nSPS) is 42.5. The third kappa shape index (κ3) is 3.89. The van der Waals surface area contributed by atoms with E-state index in [2.05, 4.69) is 0 Å². The first-order valence-corrected chi connectivity index (χ1v) is 13.4. The van der Waals surface area contributed by atoms with E-state index in [1.807, 2.05) is 0 Å². The minimum absolute atomic E-state index is 0.0207. The minimum atomic E-state index is -2.05. The van der Waals surface area contributed by atoms with Crippen LogP contribution in [0.25, 0.3) is 0 Å². The molecular weight excluding hydrogens is 479 g/mol. The van der Waals surface area contributed by atoms with Gasteiger partial charge in [0.15, 0.2) is 18.1 Å². The Morgan fingerprint density at radius 3 is 2.51 bits per heavy atom. The second-order valence-corrected chi connectivity index (χ2v) is 12.4. The lowest BCUT2D eigenvalue weighted by atomic mass is 9.44. The maximum atomic E-state index is 17.2. The van der Waals surface area contributed by atoms with Gasteiger partial charge in [-0.2, -0.15) is 0 Å². The van der Waals surface area contributed by atoms with Crippen molar-refractivity contribution in [3.05, 3.63) is 23.8 Å². The van der Waals surface area contributed by atoms with Crippen LogP contribution in [0.5, 0.6) is 0 Å². The number of aliphatic hydroxyl groups excluding tert-OH is 1. The fourth-order valence-electron chi connectivity index (χ4n) is 7.98. The molecule has 0 aromatic carbocycles. The second kappa shape index (κ2) is 9.23. The van der Waals surface area contributed by atoms with Gasteiger partial charge in [-0.1, -0.05) is 39.3 Å². The molecule has 0 aliphatic heterocycles. The number of fused-ring (bicyclic) bond motifs is 5. The number of aliphatic hydroxyl groups is 2. The second-order valence-electron chi connectivity index (χ2n) is 12.4. The Hall–Kier alpha value is -2.19. The monoisotopic (exact) mass is 518 g/mol. The predicted molar refractivity (Wildman–Crippen MR) is 133 cm³/mol. The van der Waals surface area contributed by atoms with Crippen LogP contribution < -0.4 is 0 Å². The lowest BCUT2D eigenvalue weighted by Crippen LogP contribution is -2.69. The molecule has 7 nitrogen and oxygen atoms in total. The van der Waals surface area contributed by atoms with Crippen LogP contribution in [0.3, 0.4) is 0 Å². The maximum absolute atomic E-state index is 17.2. The first kappa shape index (κ1) is 27.8. The molecule has 204 valence electrons. The number of carbonyl (C=O) groups excluding carboxylic acids is 4. The number of ether oxygens (including phenoxy) is 1. The minimum Gasteiger partial charge on any atom is -0.458 e. The van der Waals surface area contributed by atoms with Crippen molar-refractivity contribution >= 4 is 23.3 Å². The molecule has 3 saturated carbocycles. The van der Waals surface area contributed by atoms with E-state index >= 15 is 4.39 Å². The quantitative estimate of drug-likeness (QED) is 0.496. The van der Waals surface area contributed by atoms with E-state index in [1.165, 1.54) is 12.2 Å². The zero-order valence-corrected chi connectivity index (χ0v) is 22.4. The van der Waals surface area contributed by atoms with Crippen LogP contribution in [0.15, 0.2) is 23.8 Å². The van der Waals surface area contributed by atoms with Gasteiger partial charge in [-0.05, 0) is 56.6 Å². The van der Waals surface area contributed by atoms with Crippen LogP contribution in [0, 0.1) is 34.5 Å². The number of Topliss-reactive ketones (excluding diaryl/α,β-unsaturated/α-hetero) is 2. The van der Waals surface area contributed by atoms with Gasteiger partial charge < -0.3 is 14.9 Å². The van der Waals surface area contributed by atoms with Crippen molar-refractivity contribution in [3.63, 3.8) is 0 Å². The van der Waals surface area contributed by atoms with Gasteiger partial charge >= 0.3 is 5.97 Å². The molecule has 8 atom stereocenters. The van der Waals surface area contributed by atoms with Gasteiger partial charge in [0.1, 0.15) is 11.4 Å². The Morgan fingerprint density at radius 1 is 1.19 bits per heavy atom. The number of hydrogen-bond acceptors (Lipinski definition) is 7. The van der Waals surface area contributed by atoms with Crippen LogP contribution in [0.1, 0.15) is 73.1 Å². The molecule has 0 aromatic rings. The summed E-state index contributed by atoms with van der Waals surface area (Å²) in [6, 6.07) is 0. The molecule has 0 bridgehead atoms. The molecule has 2 N–H and O–H groups in total. The van der Waals surface area contributed by atoms with E-state index in [1.54, 1.807) is 40.7 Å². The zero-order valence-electron chi connectivity index (χ0n) is 22.4. The molecule has 0 aromatic heterocycles. The van der Waals surface area contributed by atoms with E-state index in [-0.39, 0.29) is 36.7 Å². The molecule has 8 heteroatoms. The molecule has 3 fully saturated rings. The van der Waals surface area contributed by atoms with Crippen LogP contribution in [0.4, 0.5) is 4.39 Å². The van der Waals surface area contributed by atoms with Crippen LogP contribution >= 0.6 is 0 Å². The highest BCUT2D eigenvalue weighted by molar-refractivity contribution is 6.01. The average Bonchev–Trinajstić information content (AvgIpc) is 3.03. The van der Waals surface area contributed by atoms with Crippen molar-refractivity contribution in [1.82, 2.24) is 0 Å². The first-order chi connectivity index (χ1) is 17.1. The lowest BCUT2D eigenvalue weighted by Gasteiger charge is -2.62. The highest BCUT2D eigenvalue weighted by Crippen LogP contribution is 2.70. The molecule has 37 heavy (non-hydrogen) atoms. The largest absolute Gasteiger partial charge is 0.458 e. The predicted octanol–water partition coefficient (Wildman–Crippen LogP) is 3.45.